The van der Waals surface area contributed by atoms with E-state index in [1.54, 1.807) is 0 Å². The van der Waals surface area contributed by atoms with Crippen LogP contribution in [0.2, 0.25) is 0 Å². The zero-order valence-electron chi connectivity index (χ0n) is 20.2. The van der Waals surface area contributed by atoms with E-state index in [4.69, 9.17) is 14.2 Å². The van der Waals surface area contributed by atoms with Crippen molar-refractivity contribution in [2.45, 2.75) is 95.9 Å². The Morgan fingerprint density at radius 1 is 0.909 bits per heavy atom. The van der Waals surface area contributed by atoms with Gasteiger partial charge in [0, 0.05) is 31.1 Å². The van der Waals surface area contributed by atoms with Crippen LogP contribution in [0.25, 0.3) is 0 Å². The zero-order chi connectivity index (χ0) is 24.2. The molecule has 8 nitrogen and oxygen atoms in total. The summed E-state index contributed by atoms with van der Waals surface area (Å²) in [5.41, 5.74) is -3.52. The summed E-state index contributed by atoms with van der Waals surface area (Å²) in [6.45, 7) is 4.83. The molecule has 2 N–H and O–H groups in total. The van der Waals surface area contributed by atoms with E-state index in [1.165, 1.54) is 21.0 Å². The number of ether oxygens (including phenoxy) is 3. The maximum absolute atomic E-state index is 12.5. The molecular formula is C25H38O8. The number of methoxy groups -OCH3 is 1. The summed E-state index contributed by atoms with van der Waals surface area (Å²) in [6.07, 6.45) is 4.54. The molecule has 0 spiro atoms. The van der Waals surface area contributed by atoms with Crippen LogP contribution in [-0.2, 0) is 28.6 Å². The fraction of sp³-hybridized carbons (Fsp3) is 0.880. The lowest BCUT2D eigenvalue weighted by molar-refractivity contribution is -0.272. The van der Waals surface area contributed by atoms with Crippen molar-refractivity contribution in [1.82, 2.24) is 0 Å². The van der Waals surface area contributed by atoms with Gasteiger partial charge in [0.1, 0.15) is 6.10 Å². The first-order valence-electron chi connectivity index (χ1n) is 12.3. The van der Waals surface area contributed by atoms with E-state index in [2.05, 4.69) is 0 Å². The molecule has 4 saturated carbocycles. The van der Waals surface area contributed by atoms with Gasteiger partial charge in [-0.3, -0.25) is 14.4 Å². The molecule has 4 aliphatic rings. The Kier molecular flexibility index (Phi) is 6.09. The van der Waals surface area contributed by atoms with Crippen LogP contribution in [0.15, 0.2) is 0 Å². The second kappa shape index (κ2) is 8.22. The molecule has 8 heteroatoms. The number of hydrogen-bond acceptors (Lipinski definition) is 8. The summed E-state index contributed by atoms with van der Waals surface area (Å²) >= 11 is 0. The smallest absolute Gasteiger partial charge is 0.309 e. The lowest BCUT2D eigenvalue weighted by Crippen LogP contribution is -2.69. The van der Waals surface area contributed by atoms with E-state index in [9.17, 15) is 24.6 Å². The molecular weight excluding hydrogens is 428 g/mol. The van der Waals surface area contributed by atoms with Gasteiger partial charge in [-0.1, -0.05) is 6.92 Å². The van der Waals surface area contributed by atoms with Crippen LogP contribution in [0.1, 0.15) is 78.6 Å². The summed E-state index contributed by atoms with van der Waals surface area (Å²) in [7, 11) is 1.39. The monoisotopic (exact) mass is 466 g/mol. The Morgan fingerprint density at radius 3 is 2.24 bits per heavy atom. The molecule has 8 atom stereocenters. The standard InChI is InChI=1S/C25H38O8/c1-15(26)32-14-23-10-5-17(33-16(2)27)13-24(23,29)11-7-19-18(23)6-9-22(3)20(21(28)31-4)8-12-25(19,22)30/h17-20,29-30H,5-14H2,1-4H3/t17-,18-,19+,20+,22+,23-,24-,25+/m0/s1. The predicted molar refractivity (Wildman–Crippen MR) is 117 cm³/mol. The van der Waals surface area contributed by atoms with E-state index in [0.29, 0.717) is 51.4 Å². The fourth-order valence-electron chi connectivity index (χ4n) is 8.37. The van der Waals surface area contributed by atoms with Crippen molar-refractivity contribution in [3.63, 3.8) is 0 Å². The van der Waals surface area contributed by atoms with Gasteiger partial charge in [0.05, 0.1) is 30.8 Å². The highest BCUT2D eigenvalue weighted by Gasteiger charge is 2.72. The van der Waals surface area contributed by atoms with E-state index >= 15 is 0 Å². The highest BCUT2D eigenvalue weighted by Crippen LogP contribution is 2.70. The third-order valence-electron chi connectivity index (χ3n) is 9.98. The van der Waals surface area contributed by atoms with Crippen LogP contribution in [-0.4, -0.2) is 59.1 Å². The van der Waals surface area contributed by atoms with Gasteiger partial charge in [-0.2, -0.15) is 0 Å². The summed E-state index contributed by atoms with van der Waals surface area (Å²) < 4.78 is 16.1. The van der Waals surface area contributed by atoms with Gasteiger partial charge in [0.2, 0.25) is 0 Å². The molecule has 0 saturated heterocycles. The maximum Gasteiger partial charge on any atom is 0.309 e. The lowest BCUT2D eigenvalue weighted by atomic mass is 9.41. The minimum absolute atomic E-state index is 0.0663. The molecule has 0 aromatic heterocycles. The molecule has 0 aromatic rings. The van der Waals surface area contributed by atoms with Crippen molar-refractivity contribution in [2.75, 3.05) is 13.7 Å². The molecule has 0 unspecified atom stereocenters. The Balaban J connectivity index is 1.70. The number of rotatable bonds is 4. The highest BCUT2D eigenvalue weighted by molar-refractivity contribution is 5.74. The van der Waals surface area contributed by atoms with Crippen LogP contribution in [0.5, 0.6) is 0 Å². The minimum atomic E-state index is -1.16. The van der Waals surface area contributed by atoms with Crippen LogP contribution < -0.4 is 0 Å². The quantitative estimate of drug-likeness (QED) is 0.479. The lowest BCUT2D eigenvalue weighted by Gasteiger charge is -2.66. The fourth-order valence-corrected chi connectivity index (χ4v) is 8.37. The Bertz CT molecular complexity index is 827. The molecule has 0 aliphatic heterocycles. The van der Waals surface area contributed by atoms with Gasteiger partial charge in [-0.15, -0.1) is 0 Å². The van der Waals surface area contributed by atoms with E-state index in [-0.39, 0.29) is 42.4 Å². The summed E-state index contributed by atoms with van der Waals surface area (Å²) in [6, 6.07) is 0. The molecule has 0 radical (unpaired) electrons. The Morgan fingerprint density at radius 2 is 1.61 bits per heavy atom. The van der Waals surface area contributed by atoms with Gasteiger partial charge < -0.3 is 24.4 Å². The normalized spacial score (nSPS) is 46.4. The molecule has 0 amide bonds. The van der Waals surface area contributed by atoms with Crippen molar-refractivity contribution < 1.29 is 38.8 Å². The van der Waals surface area contributed by atoms with E-state index in [1.807, 2.05) is 6.92 Å². The van der Waals surface area contributed by atoms with Crippen molar-refractivity contribution >= 4 is 17.9 Å². The van der Waals surface area contributed by atoms with E-state index < -0.39 is 28.0 Å². The molecule has 0 aromatic carbocycles. The van der Waals surface area contributed by atoms with Gasteiger partial charge in [0.15, 0.2) is 0 Å². The zero-order valence-corrected chi connectivity index (χ0v) is 20.2. The SMILES string of the molecule is COC(=O)[C@H]1CC[C@@]2(O)[C@@H]3CC[C@]4(O)C[C@@H](OC(C)=O)CC[C@]4(COC(C)=O)[C@H]3CC[C@]12C. The first-order valence-corrected chi connectivity index (χ1v) is 12.3. The van der Waals surface area contributed by atoms with Crippen LogP contribution in [0, 0.1) is 28.6 Å². The molecule has 0 bridgehead atoms. The average molecular weight is 467 g/mol. The van der Waals surface area contributed by atoms with Crippen LogP contribution in [0.4, 0.5) is 0 Å². The van der Waals surface area contributed by atoms with Crippen molar-refractivity contribution in [3.8, 4) is 0 Å². The Hall–Kier alpha value is -1.67. The molecule has 0 heterocycles. The van der Waals surface area contributed by atoms with Crippen molar-refractivity contribution in [2.24, 2.45) is 28.6 Å². The molecule has 4 rings (SSSR count). The highest BCUT2D eigenvalue weighted by atomic mass is 16.5. The van der Waals surface area contributed by atoms with Gasteiger partial charge in [0.25, 0.3) is 0 Å². The van der Waals surface area contributed by atoms with Gasteiger partial charge >= 0.3 is 17.9 Å². The third-order valence-corrected chi connectivity index (χ3v) is 9.98. The van der Waals surface area contributed by atoms with Crippen molar-refractivity contribution in [1.29, 1.82) is 0 Å². The topological polar surface area (TPSA) is 119 Å². The number of aliphatic hydroxyl groups is 2. The van der Waals surface area contributed by atoms with E-state index in [0.717, 1.165) is 6.42 Å². The van der Waals surface area contributed by atoms with Gasteiger partial charge in [-0.05, 0) is 63.2 Å². The van der Waals surface area contributed by atoms with Crippen molar-refractivity contribution in [3.05, 3.63) is 0 Å². The third kappa shape index (κ3) is 3.51. The number of hydrogen-bond donors (Lipinski definition) is 2. The van der Waals surface area contributed by atoms with Gasteiger partial charge in [-0.25, -0.2) is 0 Å². The predicted octanol–water partition coefficient (Wildman–Crippen LogP) is 2.52. The molecule has 33 heavy (non-hydrogen) atoms. The average Bonchev–Trinajstić information content (AvgIpc) is 3.02. The number of carbonyl (C=O) groups excluding carboxylic acids is 3. The summed E-state index contributed by atoms with van der Waals surface area (Å²) in [5, 5.41) is 24.2. The maximum atomic E-state index is 12.5. The number of esters is 3. The second-order valence-corrected chi connectivity index (χ2v) is 11.2. The first-order chi connectivity index (χ1) is 15.4. The molecule has 186 valence electrons. The largest absolute Gasteiger partial charge is 0.469 e. The number of carbonyl (C=O) groups is 3. The Labute approximate surface area is 195 Å². The summed E-state index contributed by atoms with van der Waals surface area (Å²) in [5.74, 6) is -1.57. The summed E-state index contributed by atoms with van der Waals surface area (Å²) in [4.78, 5) is 35.9. The molecule has 4 fully saturated rings. The first kappa shape index (κ1) is 24.5. The molecule has 4 aliphatic carbocycles. The second-order valence-electron chi connectivity index (χ2n) is 11.2. The minimum Gasteiger partial charge on any atom is -0.469 e. The van der Waals surface area contributed by atoms with Crippen LogP contribution in [0.3, 0.4) is 0 Å². The number of fused-ring (bicyclic) bond motifs is 5. The van der Waals surface area contributed by atoms with Crippen LogP contribution >= 0.6 is 0 Å².